The molecule has 0 aliphatic rings. The van der Waals surface area contributed by atoms with Crippen LogP contribution >= 0.6 is 15.9 Å². The van der Waals surface area contributed by atoms with Crippen LogP contribution < -0.4 is 0 Å². The minimum atomic E-state index is 0. The molecule has 0 nitrogen and oxygen atoms in total. The van der Waals surface area contributed by atoms with Gasteiger partial charge in [-0.1, -0.05) is 46.3 Å². The van der Waals surface area contributed by atoms with Crippen molar-refractivity contribution in [3.63, 3.8) is 0 Å². The maximum Gasteiger partial charge on any atom is 0.0367 e. The van der Waals surface area contributed by atoms with Gasteiger partial charge in [0.25, 0.3) is 0 Å². The van der Waals surface area contributed by atoms with E-state index in [1.807, 2.05) is 18.2 Å². The van der Waals surface area contributed by atoms with E-state index in [0.29, 0.717) is 4.83 Å². The van der Waals surface area contributed by atoms with Crippen molar-refractivity contribution in [2.24, 2.45) is 0 Å². The average molecular weight is 250 g/mol. The summed E-state index contributed by atoms with van der Waals surface area (Å²) in [7, 11) is 0. The van der Waals surface area contributed by atoms with Gasteiger partial charge in [0.2, 0.25) is 0 Å². The van der Waals surface area contributed by atoms with Gasteiger partial charge in [-0.05, 0) is 12.5 Å². The summed E-state index contributed by atoms with van der Waals surface area (Å²) < 4.78 is 0. The monoisotopic (exact) mass is 248 g/mol. The van der Waals surface area contributed by atoms with E-state index in [9.17, 15) is 0 Å². The first-order chi connectivity index (χ1) is 4.30. The van der Waals surface area contributed by atoms with Crippen molar-refractivity contribution in [1.29, 1.82) is 0 Å². The van der Waals surface area contributed by atoms with Crippen LogP contribution in [0.5, 0.6) is 0 Å². The van der Waals surface area contributed by atoms with Gasteiger partial charge >= 0.3 is 0 Å². The molecule has 1 rings (SSSR count). The predicted molar refractivity (Wildman–Crippen MR) is 43.8 cm³/mol. The minimum Gasteiger partial charge on any atom is -0.0842 e. The Morgan fingerprint density at radius 1 is 1.20 bits per heavy atom. The van der Waals surface area contributed by atoms with Crippen LogP contribution in [0.1, 0.15) is 17.3 Å². The fourth-order valence-electron chi connectivity index (χ4n) is 0.718. The van der Waals surface area contributed by atoms with Crippen molar-refractivity contribution in [3.8, 4) is 0 Å². The fourth-order valence-corrected chi connectivity index (χ4v) is 1.02. The molecule has 0 heterocycles. The van der Waals surface area contributed by atoms with Gasteiger partial charge in [0.15, 0.2) is 0 Å². The Bertz CT molecular complexity index is 172. The molecule has 0 bridgehead atoms. The molecule has 0 aromatic heterocycles. The molecule has 0 amide bonds. The van der Waals surface area contributed by atoms with E-state index >= 15 is 0 Å². The van der Waals surface area contributed by atoms with Crippen LogP contribution in [0.4, 0.5) is 0 Å². The van der Waals surface area contributed by atoms with E-state index in [1.54, 1.807) is 0 Å². The van der Waals surface area contributed by atoms with Crippen LogP contribution in [0, 0.1) is 0 Å². The zero-order valence-electron chi connectivity index (χ0n) is 6.05. The second-order valence-electron chi connectivity index (χ2n) is 2.03. The Morgan fingerprint density at radius 2 is 1.70 bits per heavy atom. The summed E-state index contributed by atoms with van der Waals surface area (Å²) >= 11 is 3.48. The van der Waals surface area contributed by atoms with E-state index in [4.69, 9.17) is 0 Å². The normalized spacial score (nSPS) is 11.8. The van der Waals surface area contributed by atoms with Crippen molar-refractivity contribution in [2.45, 2.75) is 11.8 Å². The van der Waals surface area contributed by atoms with Gasteiger partial charge in [0, 0.05) is 24.3 Å². The van der Waals surface area contributed by atoms with Crippen molar-refractivity contribution in [2.75, 3.05) is 0 Å². The van der Waals surface area contributed by atoms with Crippen LogP contribution in [-0.2, 0) is 19.5 Å². The third kappa shape index (κ3) is 2.94. The quantitative estimate of drug-likeness (QED) is 0.530. The van der Waals surface area contributed by atoms with Gasteiger partial charge in [-0.25, -0.2) is 0 Å². The number of halogens is 1. The molecule has 0 spiro atoms. The van der Waals surface area contributed by atoms with Gasteiger partial charge < -0.3 is 0 Å². The Hall–Kier alpha value is 0.323. The summed E-state index contributed by atoms with van der Waals surface area (Å²) in [6, 6.07) is 10.3. The number of hydrogen-bond donors (Lipinski definition) is 0. The maximum absolute atomic E-state index is 3.48. The zero-order valence-corrected chi connectivity index (χ0v) is 10.6. The molecule has 0 aliphatic carbocycles. The summed E-state index contributed by atoms with van der Waals surface area (Å²) in [6.45, 7) is 2.12. The standard InChI is InChI=1S/C8H9Br.Zn/c1-7(9)8-5-3-2-4-6-8;/h2-7H,1H3;. The first-order valence-electron chi connectivity index (χ1n) is 2.99. The van der Waals surface area contributed by atoms with Crippen molar-refractivity contribution >= 4 is 15.9 Å². The van der Waals surface area contributed by atoms with Gasteiger partial charge in [-0.3, -0.25) is 0 Å². The molecule has 10 heavy (non-hydrogen) atoms. The zero-order chi connectivity index (χ0) is 6.69. The summed E-state index contributed by atoms with van der Waals surface area (Å²) in [5, 5.41) is 0. The number of rotatable bonds is 1. The van der Waals surface area contributed by atoms with Gasteiger partial charge in [0.05, 0.1) is 0 Å². The van der Waals surface area contributed by atoms with Crippen molar-refractivity contribution in [1.82, 2.24) is 0 Å². The number of benzene rings is 1. The number of alkyl halides is 1. The summed E-state index contributed by atoms with van der Waals surface area (Å²) in [5.74, 6) is 0. The molecule has 1 unspecified atom stereocenters. The van der Waals surface area contributed by atoms with Crippen molar-refractivity contribution < 1.29 is 19.5 Å². The van der Waals surface area contributed by atoms with Gasteiger partial charge in [0.1, 0.15) is 0 Å². The predicted octanol–water partition coefficient (Wildman–Crippen LogP) is 3.14. The fraction of sp³-hybridized carbons (Fsp3) is 0.250. The number of hydrogen-bond acceptors (Lipinski definition) is 0. The van der Waals surface area contributed by atoms with E-state index < -0.39 is 0 Å². The van der Waals surface area contributed by atoms with E-state index in [0.717, 1.165) is 0 Å². The average Bonchev–Trinajstić information content (AvgIpc) is 1.90. The summed E-state index contributed by atoms with van der Waals surface area (Å²) in [6.07, 6.45) is 0. The smallest absolute Gasteiger partial charge is 0.0367 e. The molecule has 0 aliphatic heterocycles. The molecule has 0 saturated carbocycles. The molecule has 1 aromatic carbocycles. The van der Waals surface area contributed by atoms with E-state index in [-0.39, 0.29) is 19.5 Å². The van der Waals surface area contributed by atoms with Crippen LogP contribution in [-0.4, -0.2) is 0 Å². The molecule has 1 aromatic rings. The Labute approximate surface area is 82.9 Å². The van der Waals surface area contributed by atoms with Crippen molar-refractivity contribution in [3.05, 3.63) is 35.9 Å². The third-order valence-corrected chi connectivity index (χ3v) is 1.79. The molecular weight excluding hydrogens is 241 g/mol. The van der Waals surface area contributed by atoms with Crippen LogP contribution in [0.25, 0.3) is 0 Å². The van der Waals surface area contributed by atoms with Crippen LogP contribution in [0.2, 0.25) is 0 Å². The second-order valence-corrected chi connectivity index (χ2v) is 3.40. The first-order valence-corrected chi connectivity index (χ1v) is 3.91. The molecule has 2 heteroatoms. The summed E-state index contributed by atoms with van der Waals surface area (Å²) in [4.78, 5) is 0.471. The van der Waals surface area contributed by atoms with Crippen LogP contribution in [0.15, 0.2) is 30.3 Å². The molecule has 1 atom stereocenters. The molecular formula is C8H9BrZn. The van der Waals surface area contributed by atoms with E-state index in [1.165, 1.54) is 5.56 Å². The molecule has 0 N–H and O–H groups in total. The second kappa shape index (κ2) is 5.04. The van der Waals surface area contributed by atoms with Crippen LogP contribution in [0.3, 0.4) is 0 Å². The van der Waals surface area contributed by atoms with E-state index in [2.05, 4.69) is 35.0 Å². The molecule has 50 valence electrons. The molecule has 0 saturated heterocycles. The van der Waals surface area contributed by atoms with Gasteiger partial charge in [-0.2, -0.15) is 0 Å². The maximum atomic E-state index is 3.48. The first kappa shape index (κ1) is 10.3. The van der Waals surface area contributed by atoms with Gasteiger partial charge in [-0.15, -0.1) is 0 Å². The molecule has 0 radical (unpaired) electrons. The Morgan fingerprint density at radius 3 is 2.00 bits per heavy atom. The third-order valence-electron chi connectivity index (χ3n) is 1.26. The largest absolute Gasteiger partial charge is 0.0842 e. The topological polar surface area (TPSA) is 0 Å². The Kier molecular flexibility index (Phi) is 5.20. The summed E-state index contributed by atoms with van der Waals surface area (Å²) in [5.41, 5.74) is 1.33. The minimum absolute atomic E-state index is 0. The Balaban J connectivity index is 0.000000810. The molecule has 0 fully saturated rings. The SMILES string of the molecule is CC(Br)c1ccccc1.[Zn].